The van der Waals surface area contributed by atoms with Crippen LogP contribution in [0.15, 0.2) is 42.6 Å². The number of benzene rings is 1. The minimum absolute atomic E-state index is 0.365. The number of pyridine rings is 1. The third-order valence-electron chi connectivity index (χ3n) is 2.48. The van der Waals surface area contributed by atoms with Crippen LogP contribution in [0.3, 0.4) is 0 Å². The zero-order valence-electron chi connectivity index (χ0n) is 9.56. The summed E-state index contributed by atoms with van der Waals surface area (Å²) in [5, 5.41) is 3.72. The maximum atomic E-state index is 11.2. The molecule has 0 unspecified atom stereocenters. The highest BCUT2D eigenvalue weighted by atomic mass is 35.5. The molecule has 4 nitrogen and oxygen atoms in total. The highest BCUT2D eigenvalue weighted by Gasteiger charge is 2.08. The summed E-state index contributed by atoms with van der Waals surface area (Å²) in [6.45, 7) is 0.483. The Balaban J connectivity index is 2.16. The van der Waals surface area contributed by atoms with Crippen molar-refractivity contribution in [1.82, 2.24) is 4.98 Å². The molecule has 1 heterocycles. The highest BCUT2D eigenvalue weighted by molar-refractivity contribution is 6.31. The minimum Gasteiger partial charge on any atom is -0.365 e. The Morgan fingerprint density at radius 3 is 2.78 bits per heavy atom. The number of aromatic nitrogens is 1. The lowest BCUT2D eigenvalue weighted by atomic mass is 10.2. The van der Waals surface area contributed by atoms with Crippen molar-refractivity contribution in [2.24, 2.45) is 5.73 Å². The molecule has 0 atom stereocenters. The Morgan fingerprint density at radius 2 is 2.06 bits per heavy atom. The third kappa shape index (κ3) is 2.78. The van der Waals surface area contributed by atoms with Gasteiger partial charge < -0.3 is 11.1 Å². The first kappa shape index (κ1) is 12.4. The molecule has 1 aromatic carbocycles. The van der Waals surface area contributed by atoms with Crippen LogP contribution >= 0.6 is 11.6 Å². The van der Waals surface area contributed by atoms with Gasteiger partial charge in [-0.3, -0.25) is 4.79 Å². The van der Waals surface area contributed by atoms with Gasteiger partial charge in [-0.1, -0.05) is 29.8 Å². The molecule has 2 aromatic rings. The van der Waals surface area contributed by atoms with Crippen LogP contribution in [0.4, 0.5) is 5.82 Å². The van der Waals surface area contributed by atoms with Crippen LogP contribution in [0.25, 0.3) is 0 Å². The molecule has 0 saturated heterocycles. The largest absolute Gasteiger partial charge is 0.365 e. The van der Waals surface area contributed by atoms with E-state index >= 15 is 0 Å². The fourth-order valence-electron chi connectivity index (χ4n) is 1.57. The second-order valence-corrected chi connectivity index (χ2v) is 4.12. The van der Waals surface area contributed by atoms with Crippen LogP contribution in [0.2, 0.25) is 5.02 Å². The maximum Gasteiger partial charge on any atom is 0.252 e. The summed E-state index contributed by atoms with van der Waals surface area (Å²) in [4.78, 5) is 15.3. The Labute approximate surface area is 110 Å². The molecule has 92 valence electrons. The van der Waals surface area contributed by atoms with Crippen molar-refractivity contribution < 1.29 is 4.79 Å². The van der Waals surface area contributed by atoms with E-state index < -0.39 is 5.91 Å². The molecule has 0 aliphatic rings. The van der Waals surface area contributed by atoms with E-state index in [1.54, 1.807) is 18.3 Å². The number of hydrogen-bond donors (Lipinski definition) is 2. The van der Waals surface area contributed by atoms with Crippen LogP contribution < -0.4 is 11.1 Å². The first-order valence-corrected chi connectivity index (χ1v) is 5.78. The third-order valence-corrected chi connectivity index (χ3v) is 2.85. The number of amides is 1. The quantitative estimate of drug-likeness (QED) is 0.888. The number of carbonyl (C=O) groups is 1. The van der Waals surface area contributed by atoms with Crippen LogP contribution in [-0.2, 0) is 6.54 Å². The standard InChI is InChI=1S/C13H12ClN3O/c14-11-6-2-1-4-9(11)8-17-13-10(12(15)18)5-3-7-16-13/h1-7H,8H2,(H2,15,18)(H,16,17). The Morgan fingerprint density at radius 1 is 1.28 bits per heavy atom. The molecule has 0 spiro atoms. The van der Waals surface area contributed by atoms with Gasteiger partial charge >= 0.3 is 0 Å². The molecule has 2 rings (SSSR count). The number of carbonyl (C=O) groups excluding carboxylic acids is 1. The maximum absolute atomic E-state index is 11.2. The van der Waals surface area contributed by atoms with E-state index in [9.17, 15) is 4.79 Å². The predicted molar refractivity (Wildman–Crippen MR) is 71.5 cm³/mol. The highest BCUT2D eigenvalue weighted by Crippen LogP contribution is 2.17. The number of anilines is 1. The second-order valence-electron chi connectivity index (χ2n) is 3.71. The van der Waals surface area contributed by atoms with Crippen LogP contribution in [0.5, 0.6) is 0 Å². The van der Waals surface area contributed by atoms with Gasteiger partial charge in [0.2, 0.25) is 0 Å². The summed E-state index contributed by atoms with van der Waals surface area (Å²) in [7, 11) is 0. The van der Waals surface area contributed by atoms with Crippen molar-refractivity contribution in [3.63, 3.8) is 0 Å². The van der Waals surface area contributed by atoms with E-state index in [0.29, 0.717) is 22.9 Å². The summed E-state index contributed by atoms with van der Waals surface area (Å²) in [6.07, 6.45) is 1.60. The summed E-state index contributed by atoms with van der Waals surface area (Å²) >= 11 is 6.04. The lowest BCUT2D eigenvalue weighted by Crippen LogP contribution is -2.15. The van der Waals surface area contributed by atoms with Gasteiger partial charge in [0.15, 0.2) is 0 Å². The lowest BCUT2D eigenvalue weighted by molar-refractivity contribution is 0.100. The van der Waals surface area contributed by atoms with Gasteiger partial charge in [0.1, 0.15) is 5.82 Å². The first-order valence-electron chi connectivity index (χ1n) is 5.40. The normalized spacial score (nSPS) is 10.1. The zero-order valence-corrected chi connectivity index (χ0v) is 10.3. The van der Waals surface area contributed by atoms with Gasteiger partial charge in [0.25, 0.3) is 5.91 Å². The van der Waals surface area contributed by atoms with Gasteiger partial charge in [0, 0.05) is 17.8 Å². The van der Waals surface area contributed by atoms with Gasteiger partial charge in [-0.2, -0.15) is 0 Å². The molecule has 3 N–H and O–H groups in total. The molecule has 0 radical (unpaired) electrons. The topological polar surface area (TPSA) is 68.0 Å². The van der Waals surface area contributed by atoms with Crippen molar-refractivity contribution in [1.29, 1.82) is 0 Å². The van der Waals surface area contributed by atoms with Crippen LogP contribution in [0.1, 0.15) is 15.9 Å². The van der Waals surface area contributed by atoms with Crippen molar-refractivity contribution in [2.45, 2.75) is 6.54 Å². The second kappa shape index (κ2) is 5.51. The number of nitrogens with zero attached hydrogens (tertiary/aromatic N) is 1. The molecule has 0 bridgehead atoms. The Kier molecular flexibility index (Phi) is 3.79. The summed E-state index contributed by atoms with van der Waals surface area (Å²) < 4.78 is 0. The number of primary amides is 1. The number of nitrogens with two attached hydrogens (primary N) is 1. The Bertz CT molecular complexity index is 572. The van der Waals surface area contributed by atoms with Crippen molar-refractivity contribution in [3.8, 4) is 0 Å². The summed E-state index contributed by atoms with van der Waals surface area (Å²) in [5.41, 5.74) is 6.56. The molecular formula is C13H12ClN3O. The molecule has 0 aliphatic carbocycles. The molecule has 0 aliphatic heterocycles. The number of nitrogens with one attached hydrogen (secondary N) is 1. The van der Waals surface area contributed by atoms with Gasteiger partial charge in [-0.25, -0.2) is 4.98 Å². The van der Waals surface area contributed by atoms with Crippen molar-refractivity contribution in [3.05, 3.63) is 58.7 Å². The first-order chi connectivity index (χ1) is 8.68. The van der Waals surface area contributed by atoms with Gasteiger partial charge in [-0.15, -0.1) is 0 Å². The fraction of sp³-hybridized carbons (Fsp3) is 0.0769. The van der Waals surface area contributed by atoms with Crippen LogP contribution in [0, 0.1) is 0 Å². The minimum atomic E-state index is -0.509. The molecule has 18 heavy (non-hydrogen) atoms. The summed E-state index contributed by atoms with van der Waals surface area (Å²) in [5.74, 6) is -0.0466. The average molecular weight is 262 g/mol. The fourth-order valence-corrected chi connectivity index (χ4v) is 1.77. The zero-order chi connectivity index (χ0) is 13.0. The lowest BCUT2D eigenvalue weighted by Gasteiger charge is -2.09. The van der Waals surface area contributed by atoms with E-state index in [1.165, 1.54) is 0 Å². The predicted octanol–water partition coefficient (Wildman–Crippen LogP) is 2.45. The van der Waals surface area contributed by atoms with Crippen molar-refractivity contribution >= 4 is 23.3 Å². The van der Waals surface area contributed by atoms with E-state index in [0.717, 1.165) is 5.56 Å². The molecule has 0 fully saturated rings. The average Bonchev–Trinajstić information content (AvgIpc) is 2.38. The molecular weight excluding hydrogens is 250 g/mol. The monoisotopic (exact) mass is 261 g/mol. The number of rotatable bonds is 4. The molecule has 1 aromatic heterocycles. The van der Waals surface area contributed by atoms with E-state index in [4.69, 9.17) is 17.3 Å². The van der Waals surface area contributed by atoms with Crippen LogP contribution in [-0.4, -0.2) is 10.9 Å². The van der Waals surface area contributed by atoms with E-state index in [-0.39, 0.29) is 0 Å². The summed E-state index contributed by atoms with van der Waals surface area (Å²) in [6, 6.07) is 10.8. The van der Waals surface area contributed by atoms with Gasteiger partial charge in [0.05, 0.1) is 5.56 Å². The SMILES string of the molecule is NC(=O)c1cccnc1NCc1ccccc1Cl. The van der Waals surface area contributed by atoms with E-state index in [1.807, 2.05) is 24.3 Å². The Hall–Kier alpha value is -2.07. The molecule has 0 saturated carbocycles. The van der Waals surface area contributed by atoms with Gasteiger partial charge in [-0.05, 0) is 23.8 Å². The van der Waals surface area contributed by atoms with E-state index in [2.05, 4.69) is 10.3 Å². The number of hydrogen-bond acceptors (Lipinski definition) is 3. The number of halogens is 1. The molecule has 1 amide bonds. The smallest absolute Gasteiger partial charge is 0.252 e. The van der Waals surface area contributed by atoms with Crippen molar-refractivity contribution in [2.75, 3.05) is 5.32 Å². The molecule has 5 heteroatoms.